The number of nitrogens with zero attached hydrogens (tertiary/aromatic N) is 2. The number of nitrogens with one attached hydrogen (secondary N) is 2. The zero-order chi connectivity index (χ0) is 21.8. The van der Waals surface area contributed by atoms with Gasteiger partial charge in [-0.1, -0.05) is 35.6 Å². The highest BCUT2D eigenvalue weighted by molar-refractivity contribution is 7.18. The van der Waals surface area contributed by atoms with E-state index in [1.807, 2.05) is 37.3 Å². The second kappa shape index (κ2) is 9.32. The summed E-state index contributed by atoms with van der Waals surface area (Å²) in [5.74, 6) is -2.03. The fourth-order valence-corrected chi connectivity index (χ4v) is 4.74. The first-order chi connectivity index (χ1) is 15.0. The average Bonchev–Trinajstić information content (AvgIpc) is 3.36. The summed E-state index contributed by atoms with van der Waals surface area (Å²) in [6.07, 6.45) is 1.34. The van der Waals surface area contributed by atoms with Crippen molar-refractivity contribution in [3.63, 3.8) is 0 Å². The predicted octanol–water partition coefficient (Wildman–Crippen LogP) is 5.65. The average molecular weight is 457 g/mol. The molecular formula is C22H18F2N4OS2. The Labute approximate surface area is 185 Å². The molecule has 0 aliphatic rings. The van der Waals surface area contributed by atoms with Crippen LogP contribution < -0.4 is 10.6 Å². The van der Waals surface area contributed by atoms with Gasteiger partial charge in [0.25, 0.3) is 0 Å². The zero-order valence-corrected chi connectivity index (χ0v) is 18.1. The fraction of sp³-hybridized carbons (Fsp3) is 0.136. The third-order valence-corrected chi connectivity index (χ3v) is 6.31. The van der Waals surface area contributed by atoms with Crippen molar-refractivity contribution in [2.75, 3.05) is 10.6 Å². The molecule has 9 heteroatoms. The Balaban J connectivity index is 1.55. The van der Waals surface area contributed by atoms with E-state index in [0.717, 1.165) is 38.3 Å². The molecule has 31 heavy (non-hydrogen) atoms. The lowest BCUT2D eigenvalue weighted by Crippen LogP contribution is -2.16. The molecule has 0 radical (unpaired) electrons. The Morgan fingerprint density at radius 1 is 1.03 bits per heavy atom. The van der Waals surface area contributed by atoms with E-state index in [4.69, 9.17) is 0 Å². The second-order valence-corrected chi connectivity index (χ2v) is 9.00. The first-order valence-electron chi connectivity index (χ1n) is 9.44. The number of amides is 1. The minimum atomic E-state index is -0.747. The molecule has 0 saturated heterocycles. The third-order valence-electron chi connectivity index (χ3n) is 4.42. The van der Waals surface area contributed by atoms with Crippen LogP contribution >= 0.6 is 22.7 Å². The number of hydrogen-bond donors (Lipinski definition) is 2. The van der Waals surface area contributed by atoms with Gasteiger partial charge in [0.1, 0.15) is 17.3 Å². The normalized spacial score (nSPS) is 10.8. The number of hydrogen-bond acceptors (Lipinski definition) is 6. The Morgan fingerprint density at radius 2 is 1.77 bits per heavy atom. The monoisotopic (exact) mass is 456 g/mol. The van der Waals surface area contributed by atoms with E-state index in [1.54, 1.807) is 6.20 Å². The van der Waals surface area contributed by atoms with Crippen LogP contribution in [0.5, 0.6) is 0 Å². The lowest BCUT2D eigenvalue weighted by Gasteiger charge is -2.05. The molecule has 0 saturated carbocycles. The summed E-state index contributed by atoms with van der Waals surface area (Å²) in [6.45, 7) is 2.42. The van der Waals surface area contributed by atoms with Gasteiger partial charge >= 0.3 is 0 Å². The van der Waals surface area contributed by atoms with E-state index in [1.165, 1.54) is 28.7 Å². The number of carbonyl (C=O) groups is 1. The molecule has 0 unspecified atom stereocenters. The number of thiazole rings is 2. The van der Waals surface area contributed by atoms with E-state index in [9.17, 15) is 13.6 Å². The highest BCUT2D eigenvalue weighted by Gasteiger charge is 2.18. The summed E-state index contributed by atoms with van der Waals surface area (Å²) in [6, 6.07) is 13.3. The van der Waals surface area contributed by atoms with Gasteiger partial charge in [-0.2, -0.15) is 0 Å². The minimum Gasteiger partial charge on any atom is -0.380 e. The lowest BCUT2D eigenvalue weighted by molar-refractivity contribution is -0.115. The molecule has 158 valence electrons. The summed E-state index contributed by atoms with van der Waals surface area (Å²) in [4.78, 5) is 23.1. The summed E-state index contributed by atoms with van der Waals surface area (Å²) in [5, 5.41) is 7.29. The standard InChI is InChI=1S/C22H18F2N4OS2/c1-13-25-11-18(30-13)21-19(12-26-14-6-3-2-4-7-14)31-22(28-21)27-20(29)10-15-16(23)8-5-9-17(15)24/h2-9,11,26H,10,12H2,1H3,(H,27,28,29). The van der Waals surface area contributed by atoms with Gasteiger partial charge in [-0.15, -0.1) is 11.3 Å². The molecule has 4 aromatic rings. The van der Waals surface area contributed by atoms with E-state index in [-0.39, 0.29) is 5.56 Å². The summed E-state index contributed by atoms with van der Waals surface area (Å²) in [5.41, 5.74) is 1.43. The van der Waals surface area contributed by atoms with Crippen LogP contribution in [0.3, 0.4) is 0 Å². The van der Waals surface area contributed by atoms with Crippen LogP contribution in [0.1, 0.15) is 15.4 Å². The number of para-hydroxylation sites is 1. The molecule has 0 bridgehead atoms. The van der Waals surface area contributed by atoms with Crippen LogP contribution in [0.25, 0.3) is 10.6 Å². The van der Waals surface area contributed by atoms with Crippen molar-refractivity contribution in [1.82, 2.24) is 9.97 Å². The quantitative estimate of drug-likeness (QED) is 0.377. The van der Waals surface area contributed by atoms with Gasteiger partial charge in [-0.05, 0) is 31.2 Å². The second-order valence-electron chi connectivity index (χ2n) is 6.68. The van der Waals surface area contributed by atoms with Crippen LogP contribution in [-0.4, -0.2) is 15.9 Å². The van der Waals surface area contributed by atoms with Crippen LogP contribution in [0, 0.1) is 18.6 Å². The van der Waals surface area contributed by atoms with E-state index >= 15 is 0 Å². The predicted molar refractivity (Wildman–Crippen MR) is 120 cm³/mol. The molecule has 0 spiro atoms. The summed E-state index contributed by atoms with van der Waals surface area (Å²) >= 11 is 2.82. The molecule has 0 aliphatic carbocycles. The molecule has 0 fully saturated rings. The molecule has 2 heterocycles. The summed E-state index contributed by atoms with van der Waals surface area (Å²) in [7, 11) is 0. The molecule has 0 atom stereocenters. The SMILES string of the molecule is Cc1ncc(-c2nc(NC(=O)Cc3c(F)cccc3F)sc2CNc2ccccc2)s1. The molecule has 2 aromatic carbocycles. The highest BCUT2D eigenvalue weighted by Crippen LogP contribution is 2.35. The fourth-order valence-electron chi connectivity index (χ4n) is 2.95. The Morgan fingerprint density at radius 3 is 2.45 bits per heavy atom. The maximum Gasteiger partial charge on any atom is 0.230 e. The van der Waals surface area contributed by atoms with Gasteiger partial charge in [0, 0.05) is 17.4 Å². The first kappa shape index (κ1) is 21.1. The number of anilines is 2. The van der Waals surface area contributed by atoms with E-state index in [0.29, 0.717) is 11.7 Å². The van der Waals surface area contributed by atoms with E-state index in [2.05, 4.69) is 20.6 Å². The number of aromatic nitrogens is 2. The lowest BCUT2D eigenvalue weighted by atomic mass is 10.1. The number of aryl methyl sites for hydroxylation is 1. The largest absolute Gasteiger partial charge is 0.380 e. The van der Waals surface area contributed by atoms with Gasteiger partial charge in [0.2, 0.25) is 5.91 Å². The van der Waals surface area contributed by atoms with Crippen molar-refractivity contribution < 1.29 is 13.6 Å². The molecule has 1 amide bonds. The Kier molecular flexibility index (Phi) is 6.34. The van der Waals surface area contributed by atoms with Gasteiger partial charge in [-0.25, -0.2) is 18.7 Å². The topological polar surface area (TPSA) is 66.9 Å². The smallest absolute Gasteiger partial charge is 0.230 e. The van der Waals surface area contributed by atoms with Gasteiger partial charge in [0.05, 0.1) is 27.7 Å². The Hall–Kier alpha value is -3.17. The molecule has 4 rings (SSSR count). The van der Waals surface area contributed by atoms with Crippen LogP contribution in [0.15, 0.2) is 54.7 Å². The van der Waals surface area contributed by atoms with Crippen LogP contribution in [0.4, 0.5) is 19.6 Å². The van der Waals surface area contributed by atoms with Gasteiger partial charge in [0.15, 0.2) is 5.13 Å². The van der Waals surface area contributed by atoms with E-state index < -0.39 is 24.0 Å². The maximum absolute atomic E-state index is 13.9. The van der Waals surface area contributed by atoms with Crippen molar-refractivity contribution in [1.29, 1.82) is 0 Å². The number of rotatable bonds is 7. The van der Waals surface area contributed by atoms with Gasteiger partial charge in [-0.3, -0.25) is 4.79 Å². The van der Waals surface area contributed by atoms with Crippen molar-refractivity contribution in [2.45, 2.75) is 19.9 Å². The molecular weight excluding hydrogens is 438 g/mol. The van der Waals surface area contributed by atoms with Crippen molar-refractivity contribution in [3.05, 3.63) is 81.8 Å². The summed E-state index contributed by atoms with van der Waals surface area (Å²) < 4.78 is 27.7. The minimum absolute atomic E-state index is 0.263. The molecule has 5 nitrogen and oxygen atoms in total. The van der Waals surface area contributed by atoms with Crippen molar-refractivity contribution in [3.8, 4) is 10.6 Å². The number of carbonyl (C=O) groups excluding carboxylic acids is 1. The number of benzene rings is 2. The van der Waals surface area contributed by atoms with Crippen molar-refractivity contribution in [2.24, 2.45) is 0 Å². The third kappa shape index (κ3) is 5.12. The molecule has 2 N–H and O–H groups in total. The zero-order valence-electron chi connectivity index (χ0n) is 16.5. The van der Waals surface area contributed by atoms with Crippen molar-refractivity contribution >= 4 is 39.4 Å². The molecule has 2 aromatic heterocycles. The molecule has 0 aliphatic heterocycles. The number of halogens is 2. The Bertz CT molecular complexity index is 1190. The maximum atomic E-state index is 13.9. The highest BCUT2D eigenvalue weighted by atomic mass is 32.1. The first-order valence-corrected chi connectivity index (χ1v) is 11.1. The van der Waals surface area contributed by atoms with Crippen LogP contribution in [-0.2, 0) is 17.8 Å². The van der Waals surface area contributed by atoms with Gasteiger partial charge < -0.3 is 10.6 Å². The van der Waals surface area contributed by atoms with Crippen LogP contribution in [0.2, 0.25) is 0 Å².